The van der Waals surface area contributed by atoms with E-state index in [-0.39, 0.29) is 6.61 Å². The lowest BCUT2D eigenvalue weighted by Gasteiger charge is -2.11. The van der Waals surface area contributed by atoms with Gasteiger partial charge in [-0.25, -0.2) is 0 Å². The van der Waals surface area contributed by atoms with E-state index in [0.29, 0.717) is 12.4 Å². The van der Waals surface area contributed by atoms with E-state index in [1.807, 2.05) is 19.1 Å². The van der Waals surface area contributed by atoms with Crippen molar-refractivity contribution in [3.63, 3.8) is 0 Å². The first-order valence-corrected chi connectivity index (χ1v) is 5.34. The van der Waals surface area contributed by atoms with Gasteiger partial charge in [-0.3, -0.25) is 4.79 Å². The van der Waals surface area contributed by atoms with Crippen molar-refractivity contribution in [1.82, 2.24) is 0 Å². The highest BCUT2D eigenvalue weighted by Crippen LogP contribution is 2.25. The molecular weight excluding hydrogens is 206 g/mol. The second-order valence-electron chi connectivity index (χ2n) is 3.31. The molecule has 0 spiro atoms. The molecule has 0 saturated heterocycles. The van der Waals surface area contributed by atoms with E-state index in [1.165, 1.54) is 0 Å². The first-order chi connectivity index (χ1) is 7.67. The van der Waals surface area contributed by atoms with E-state index >= 15 is 0 Å². The quantitative estimate of drug-likeness (QED) is 0.795. The Hall–Kier alpha value is -1.71. The van der Waals surface area contributed by atoms with Gasteiger partial charge in [-0.2, -0.15) is 0 Å². The third-order valence-corrected chi connectivity index (χ3v) is 2.10. The van der Waals surface area contributed by atoms with Crippen molar-refractivity contribution in [3.05, 3.63) is 23.8 Å². The number of carbonyl (C=O) groups is 1. The van der Waals surface area contributed by atoms with Crippen LogP contribution >= 0.6 is 0 Å². The van der Waals surface area contributed by atoms with Gasteiger partial charge in [-0.05, 0) is 25.0 Å². The summed E-state index contributed by atoms with van der Waals surface area (Å²) in [5.74, 6) is 0.906. The number of hydrogen-bond acceptors (Lipinski definition) is 3. The molecule has 1 aromatic rings. The van der Waals surface area contributed by atoms with Crippen molar-refractivity contribution in [1.29, 1.82) is 0 Å². The highest BCUT2D eigenvalue weighted by molar-refractivity contribution is 5.75. The molecule has 0 unspecified atom stereocenters. The second-order valence-corrected chi connectivity index (χ2v) is 3.31. The maximum atomic E-state index is 10.6. The van der Waals surface area contributed by atoms with Gasteiger partial charge in [-0.15, -0.1) is 0 Å². The molecule has 0 radical (unpaired) electrons. The highest BCUT2D eigenvalue weighted by atomic mass is 16.5. The van der Waals surface area contributed by atoms with Gasteiger partial charge < -0.3 is 15.2 Å². The van der Waals surface area contributed by atoms with Gasteiger partial charge >= 0.3 is 0 Å². The van der Waals surface area contributed by atoms with Crippen molar-refractivity contribution in [3.8, 4) is 11.5 Å². The molecule has 1 aromatic carbocycles. The molecule has 4 heteroatoms. The second kappa shape index (κ2) is 6.00. The molecule has 0 fully saturated rings. The number of ether oxygens (including phenoxy) is 2. The van der Waals surface area contributed by atoms with Gasteiger partial charge in [0.15, 0.2) is 6.61 Å². The number of primary amides is 1. The van der Waals surface area contributed by atoms with Crippen molar-refractivity contribution in [2.75, 3.05) is 13.2 Å². The van der Waals surface area contributed by atoms with Gasteiger partial charge in [-0.1, -0.05) is 13.0 Å². The van der Waals surface area contributed by atoms with Crippen LogP contribution in [0.25, 0.3) is 0 Å². The average Bonchev–Trinajstić information content (AvgIpc) is 2.27. The predicted molar refractivity (Wildman–Crippen MR) is 61.7 cm³/mol. The molecule has 0 aliphatic rings. The molecule has 2 N–H and O–H groups in total. The zero-order valence-electron chi connectivity index (χ0n) is 9.66. The molecule has 16 heavy (non-hydrogen) atoms. The summed E-state index contributed by atoms with van der Waals surface area (Å²) >= 11 is 0. The van der Waals surface area contributed by atoms with Crippen LogP contribution in [0.3, 0.4) is 0 Å². The van der Waals surface area contributed by atoms with Crippen LogP contribution < -0.4 is 15.2 Å². The lowest BCUT2D eigenvalue weighted by molar-refractivity contribution is -0.119. The largest absolute Gasteiger partial charge is 0.493 e. The van der Waals surface area contributed by atoms with Gasteiger partial charge in [0.25, 0.3) is 5.91 Å². The SMILES string of the molecule is CCOc1cc(OCC(N)=O)ccc1CC. The standard InChI is InChI=1S/C12H17NO3/c1-3-9-5-6-10(16-8-12(13)14)7-11(9)15-4-2/h5-7H,3-4,8H2,1-2H3,(H2,13,14). The van der Waals surface area contributed by atoms with Crippen LogP contribution in [-0.2, 0) is 11.2 Å². The highest BCUT2D eigenvalue weighted by Gasteiger charge is 2.05. The molecule has 0 aliphatic heterocycles. The van der Waals surface area contributed by atoms with Crippen LogP contribution in [0.4, 0.5) is 0 Å². The van der Waals surface area contributed by atoms with E-state index in [9.17, 15) is 4.79 Å². The first-order valence-electron chi connectivity index (χ1n) is 5.34. The number of carbonyl (C=O) groups excluding carboxylic acids is 1. The van der Waals surface area contributed by atoms with Gasteiger partial charge in [0, 0.05) is 6.07 Å². The summed E-state index contributed by atoms with van der Waals surface area (Å²) in [5, 5.41) is 0. The fourth-order valence-corrected chi connectivity index (χ4v) is 1.36. The molecule has 4 nitrogen and oxygen atoms in total. The van der Waals surface area contributed by atoms with E-state index in [2.05, 4.69) is 6.92 Å². The molecule has 0 aliphatic carbocycles. The summed E-state index contributed by atoms with van der Waals surface area (Å²) in [4.78, 5) is 10.6. The first kappa shape index (κ1) is 12.4. The third-order valence-electron chi connectivity index (χ3n) is 2.10. The average molecular weight is 223 g/mol. The fourth-order valence-electron chi connectivity index (χ4n) is 1.36. The number of amides is 1. The molecule has 0 atom stereocenters. The summed E-state index contributed by atoms with van der Waals surface area (Å²) in [6, 6.07) is 5.52. The van der Waals surface area contributed by atoms with Crippen molar-refractivity contribution in [2.45, 2.75) is 20.3 Å². The monoisotopic (exact) mass is 223 g/mol. The van der Waals surface area contributed by atoms with Gasteiger partial charge in [0.05, 0.1) is 6.61 Å². The minimum absolute atomic E-state index is 0.114. The normalized spacial score (nSPS) is 9.88. The molecule has 1 amide bonds. The fraction of sp³-hybridized carbons (Fsp3) is 0.417. The van der Waals surface area contributed by atoms with Crippen LogP contribution in [-0.4, -0.2) is 19.1 Å². The topological polar surface area (TPSA) is 61.6 Å². The van der Waals surface area contributed by atoms with Crippen LogP contribution in [0.1, 0.15) is 19.4 Å². The molecule has 1 rings (SSSR count). The number of benzene rings is 1. The van der Waals surface area contributed by atoms with Crippen molar-refractivity contribution >= 4 is 5.91 Å². The number of rotatable bonds is 6. The lowest BCUT2D eigenvalue weighted by atomic mass is 10.1. The Bertz CT molecular complexity index is 363. The van der Waals surface area contributed by atoms with E-state index in [1.54, 1.807) is 6.07 Å². The Balaban J connectivity index is 2.79. The minimum atomic E-state index is -0.488. The van der Waals surface area contributed by atoms with Crippen LogP contribution in [0.15, 0.2) is 18.2 Å². The van der Waals surface area contributed by atoms with Crippen LogP contribution in [0.2, 0.25) is 0 Å². The van der Waals surface area contributed by atoms with Gasteiger partial charge in [0.2, 0.25) is 0 Å². The Morgan fingerprint density at radius 2 is 2.06 bits per heavy atom. The number of hydrogen-bond donors (Lipinski definition) is 1. The molecule has 88 valence electrons. The molecule has 0 aromatic heterocycles. The molecule has 0 heterocycles. The van der Waals surface area contributed by atoms with E-state index in [0.717, 1.165) is 17.7 Å². The smallest absolute Gasteiger partial charge is 0.255 e. The Morgan fingerprint density at radius 1 is 1.31 bits per heavy atom. The zero-order valence-corrected chi connectivity index (χ0v) is 9.66. The Labute approximate surface area is 95.3 Å². The molecule has 0 saturated carbocycles. The lowest BCUT2D eigenvalue weighted by Crippen LogP contribution is -2.20. The van der Waals surface area contributed by atoms with Gasteiger partial charge in [0.1, 0.15) is 11.5 Å². The van der Waals surface area contributed by atoms with Crippen LogP contribution in [0.5, 0.6) is 11.5 Å². The molecular formula is C12H17NO3. The van der Waals surface area contributed by atoms with Crippen molar-refractivity contribution in [2.24, 2.45) is 5.73 Å². The van der Waals surface area contributed by atoms with Crippen LogP contribution in [0, 0.1) is 0 Å². The third kappa shape index (κ3) is 3.46. The predicted octanol–water partition coefficient (Wildman–Crippen LogP) is 1.51. The Kier molecular flexibility index (Phi) is 4.64. The number of aryl methyl sites for hydroxylation is 1. The summed E-state index contributed by atoms with van der Waals surface area (Å²) in [7, 11) is 0. The maximum absolute atomic E-state index is 10.6. The van der Waals surface area contributed by atoms with Crippen molar-refractivity contribution < 1.29 is 14.3 Å². The summed E-state index contributed by atoms with van der Waals surface area (Å²) < 4.78 is 10.7. The molecule has 0 bridgehead atoms. The number of nitrogens with two attached hydrogens (primary N) is 1. The summed E-state index contributed by atoms with van der Waals surface area (Å²) in [6.45, 7) is 4.47. The zero-order chi connectivity index (χ0) is 12.0. The minimum Gasteiger partial charge on any atom is -0.493 e. The summed E-state index contributed by atoms with van der Waals surface area (Å²) in [5.41, 5.74) is 6.12. The van der Waals surface area contributed by atoms with E-state index < -0.39 is 5.91 Å². The summed E-state index contributed by atoms with van der Waals surface area (Å²) in [6.07, 6.45) is 0.894. The maximum Gasteiger partial charge on any atom is 0.255 e. The van der Waals surface area contributed by atoms with E-state index in [4.69, 9.17) is 15.2 Å². The Morgan fingerprint density at radius 3 is 2.62 bits per heavy atom.